The summed E-state index contributed by atoms with van der Waals surface area (Å²) in [5.41, 5.74) is -0.120. The van der Waals surface area contributed by atoms with Gasteiger partial charge in [-0.1, -0.05) is 0 Å². The highest BCUT2D eigenvalue weighted by Crippen LogP contribution is 2.26. The molecule has 2 aromatic carbocycles. The number of ether oxygens (including phenoxy) is 1. The molecule has 0 aliphatic carbocycles. The Bertz CT molecular complexity index is 659. The molecule has 2 rings (SSSR count). The first kappa shape index (κ1) is 13.8. The molecule has 0 aromatic heterocycles. The van der Waals surface area contributed by atoms with Crippen LogP contribution in [0.5, 0.6) is 11.5 Å². The van der Waals surface area contributed by atoms with Gasteiger partial charge in [0.15, 0.2) is 11.5 Å². The summed E-state index contributed by atoms with van der Waals surface area (Å²) in [6.45, 7) is 0. The minimum Gasteiger partial charge on any atom is -0.504 e. The fourth-order valence-electron chi connectivity index (χ4n) is 1.61. The average molecular weight is 279 g/mol. The van der Waals surface area contributed by atoms with Crippen LogP contribution in [0, 0.1) is 11.6 Å². The summed E-state index contributed by atoms with van der Waals surface area (Å²) in [6, 6.07) is 6.66. The van der Waals surface area contributed by atoms with Crippen LogP contribution in [0.25, 0.3) is 0 Å². The van der Waals surface area contributed by atoms with Gasteiger partial charge in [0, 0.05) is 11.6 Å². The minimum absolute atomic E-state index is 0.109. The van der Waals surface area contributed by atoms with Gasteiger partial charge in [-0.25, -0.2) is 8.78 Å². The third kappa shape index (κ3) is 2.85. The lowest BCUT2D eigenvalue weighted by atomic mass is 10.2. The quantitative estimate of drug-likeness (QED) is 0.908. The van der Waals surface area contributed by atoms with Crippen molar-refractivity contribution in [3.05, 3.63) is 53.6 Å². The first-order valence-electron chi connectivity index (χ1n) is 5.64. The van der Waals surface area contributed by atoms with Gasteiger partial charge in [0.05, 0.1) is 12.8 Å². The van der Waals surface area contributed by atoms with Crippen molar-refractivity contribution in [1.82, 2.24) is 0 Å². The number of carbonyl (C=O) groups is 1. The summed E-state index contributed by atoms with van der Waals surface area (Å²) >= 11 is 0. The zero-order chi connectivity index (χ0) is 14.7. The Kier molecular flexibility index (Phi) is 3.84. The second-order valence-electron chi connectivity index (χ2n) is 3.96. The van der Waals surface area contributed by atoms with Gasteiger partial charge in [-0.15, -0.1) is 0 Å². The number of anilines is 1. The van der Waals surface area contributed by atoms with Gasteiger partial charge in [0.2, 0.25) is 0 Å². The first-order valence-corrected chi connectivity index (χ1v) is 5.64. The van der Waals surface area contributed by atoms with E-state index in [-0.39, 0.29) is 22.7 Å². The fourth-order valence-corrected chi connectivity index (χ4v) is 1.61. The predicted octanol–water partition coefficient (Wildman–Crippen LogP) is 2.93. The number of halogens is 2. The van der Waals surface area contributed by atoms with Crippen LogP contribution in [0.4, 0.5) is 14.5 Å². The van der Waals surface area contributed by atoms with E-state index in [0.717, 1.165) is 18.2 Å². The van der Waals surface area contributed by atoms with E-state index in [1.54, 1.807) is 0 Å². The molecule has 2 N–H and O–H groups in total. The van der Waals surface area contributed by atoms with Crippen molar-refractivity contribution in [3.8, 4) is 11.5 Å². The maximum Gasteiger partial charge on any atom is 0.255 e. The van der Waals surface area contributed by atoms with Crippen LogP contribution in [-0.4, -0.2) is 18.1 Å². The molecule has 2 aromatic rings. The lowest BCUT2D eigenvalue weighted by Gasteiger charge is -2.08. The second kappa shape index (κ2) is 5.56. The van der Waals surface area contributed by atoms with Crippen LogP contribution in [0.1, 0.15) is 10.4 Å². The monoisotopic (exact) mass is 279 g/mol. The molecule has 4 nitrogen and oxygen atoms in total. The Balaban J connectivity index is 2.26. The number of phenols is 1. The number of benzene rings is 2. The summed E-state index contributed by atoms with van der Waals surface area (Å²) < 4.78 is 31.3. The van der Waals surface area contributed by atoms with E-state index in [9.17, 15) is 18.7 Å². The lowest BCUT2D eigenvalue weighted by Crippen LogP contribution is -2.13. The number of rotatable bonds is 3. The Hall–Kier alpha value is -2.63. The Morgan fingerprint density at radius 3 is 2.65 bits per heavy atom. The molecule has 0 atom stereocenters. The van der Waals surface area contributed by atoms with Crippen LogP contribution in [-0.2, 0) is 0 Å². The van der Waals surface area contributed by atoms with E-state index in [2.05, 4.69) is 5.32 Å². The van der Waals surface area contributed by atoms with Crippen molar-refractivity contribution < 1.29 is 23.4 Å². The Morgan fingerprint density at radius 1 is 1.20 bits per heavy atom. The molecule has 0 radical (unpaired) electrons. The van der Waals surface area contributed by atoms with Gasteiger partial charge in [-0.05, 0) is 30.3 Å². The molecule has 0 bridgehead atoms. The van der Waals surface area contributed by atoms with Crippen molar-refractivity contribution in [3.63, 3.8) is 0 Å². The van der Waals surface area contributed by atoms with Crippen molar-refractivity contribution in [1.29, 1.82) is 0 Å². The van der Waals surface area contributed by atoms with Crippen molar-refractivity contribution in [2.75, 3.05) is 12.4 Å². The van der Waals surface area contributed by atoms with Gasteiger partial charge >= 0.3 is 0 Å². The maximum absolute atomic E-state index is 13.4. The summed E-state index contributed by atoms with van der Waals surface area (Å²) in [5, 5.41) is 11.7. The van der Waals surface area contributed by atoms with Gasteiger partial charge in [-0.3, -0.25) is 4.79 Å². The molecule has 0 aliphatic rings. The van der Waals surface area contributed by atoms with Crippen LogP contribution < -0.4 is 10.1 Å². The zero-order valence-electron chi connectivity index (χ0n) is 10.5. The third-order valence-electron chi connectivity index (χ3n) is 2.62. The van der Waals surface area contributed by atoms with E-state index in [1.165, 1.54) is 25.3 Å². The van der Waals surface area contributed by atoms with Gasteiger partial charge in [-0.2, -0.15) is 0 Å². The molecule has 0 heterocycles. The van der Waals surface area contributed by atoms with Crippen LogP contribution in [0.15, 0.2) is 36.4 Å². The molecule has 20 heavy (non-hydrogen) atoms. The summed E-state index contributed by atoms with van der Waals surface area (Å²) in [5.74, 6) is -2.07. The fraction of sp³-hybridized carbons (Fsp3) is 0.0714. The van der Waals surface area contributed by atoms with Crippen LogP contribution in [0.3, 0.4) is 0 Å². The number of hydrogen-bond donors (Lipinski definition) is 2. The third-order valence-corrected chi connectivity index (χ3v) is 2.62. The molecule has 0 unspecified atom stereocenters. The van der Waals surface area contributed by atoms with Gasteiger partial charge in [0.25, 0.3) is 5.91 Å². The van der Waals surface area contributed by atoms with E-state index in [0.29, 0.717) is 0 Å². The summed E-state index contributed by atoms with van der Waals surface area (Å²) in [7, 11) is 1.34. The molecule has 0 saturated carbocycles. The standard InChI is InChI=1S/C14H11F2NO3/c1-20-13-6-8(2-5-12(13)18)14(19)17-11-7-9(15)3-4-10(11)16/h2-7,18H,1H3,(H,17,19). The lowest BCUT2D eigenvalue weighted by molar-refractivity contribution is 0.102. The van der Waals surface area contributed by atoms with Crippen molar-refractivity contribution in [2.45, 2.75) is 0 Å². The minimum atomic E-state index is -0.745. The molecule has 0 saturated heterocycles. The molecule has 0 fully saturated rings. The Morgan fingerprint density at radius 2 is 1.95 bits per heavy atom. The number of carbonyl (C=O) groups excluding carboxylic acids is 1. The smallest absolute Gasteiger partial charge is 0.255 e. The van der Waals surface area contributed by atoms with Gasteiger partial charge in [0.1, 0.15) is 11.6 Å². The van der Waals surface area contributed by atoms with E-state index in [4.69, 9.17) is 4.74 Å². The normalized spacial score (nSPS) is 10.2. The van der Waals surface area contributed by atoms with Crippen molar-refractivity contribution >= 4 is 11.6 Å². The van der Waals surface area contributed by atoms with E-state index >= 15 is 0 Å². The zero-order valence-corrected chi connectivity index (χ0v) is 10.5. The summed E-state index contributed by atoms with van der Waals surface area (Å²) in [4.78, 5) is 11.9. The highest BCUT2D eigenvalue weighted by molar-refractivity contribution is 6.04. The molecular weight excluding hydrogens is 268 g/mol. The molecule has 104 valence electrons. The highest BCUT2D eigenvalue weighted by Gasteiger charge is 2.12. The molecule has 0 spiro atoms. The molecular formula is C14H11F2NO3. The Labute approximate surface area is 113 Å². The average Bonchev–Trinajstić information content (AvgIpc) is 2.43. The van der Waals surface area contributed by atoms with Crippen LogP contribution in [0.2, 0.25) is 0 Å². The maximum atomic E-state index is 13.4. The number of phenolic OH excluding ortho intramolecular Hbond substituents is 1. The van der Waals surface area contributed by atoms with E-state index < -0.39 is 17.5 Å². The van der Waals surface area contributed by atoms with E-state index in [1.807, 2.05) is 0 Å². The molecule has 0 aliphatic heterocycles. The van der Waals surface area contributed by atoms with Crippen LogP contribution >= 0.6 is 0 Å². The van der Waals surface area contributed by atoms with Gasteiger partial charge < -0.3 is 15.2 Å². The second-order valence-corrected chi connectivity index (χ2v) is 3.96. The number of aromatic hydroxyl groups is 1. The largest absolute Gasteiger partial charge is 0.504 e. The number of hydrogen-bond acceptors (Lipinski definition) is 3. The number of nitrogens with one attached hydrogen (secondary N) is 1. The predicted molar refractivity (Wildman–Crippen MR) is 69.0 cm³/mol. The summed E-state index contributed by atoms with van der Waals surface area (Å²) in [6.07, 6.45) is 0. The highest BCUT2D eigenvalue weighted by atomic mass is 19.1. The molecule has 1 amide bonds. The molecule has 6 heteroatoms. The topological polar surface area (TPSA) is 58.6 Å². The number of amides is 1. The first-order chi connectivity index (χ1) is 9.51. The number of methoxy groups -OCH3 is 1. The SMILES string of the molecule is COc1cc(C(=O)Nc2cc(F)ccc2F)ccc1O. The van der Waals surface area contributed by atoms with Crippen molar-refractivity contribution in [2.24, 2.45) is 0 Å².